The van der Waals surface area contributed by atoms with Gasteiger partial charge in [0.2, 0.25) is 0 Å². The van der Waals surface area contributed by atoms with Crippen LogP contribution >= 0.6 is 11.6 Å². The molecule has 1 aromatic heterocycles. The molecule has 2 heterocycles. The fourth-order valence-corrected chi connectivity index (χ4v) is 4.21. The van der Waals surface area contributed by atoms with Crippen molar-refractivity contribution in [1.29, 1.82) is 0 Å². The third-order valence-electron chi connectivity index (χ3n) is 5.73. The van der Waals surface area contributed by atoms with Gasteiger partial charge in [0.25, 0.3) is 5.56 Å². The molecule has 6 nitrogen and oxygen atoms in total. The molecule has 3 aromatic rings. The molecular weight excluding hydrogens is 402 g/mol. The molecule has 1 aliphatic heterocycles. The Balaban J connectivity index is 1.62. The van der Waals surface area contributed by atoms with Gasteiger partial charge in [-0.2, -0.15) is 5.10 Å². The molecule has 7 heteroatoms. The smallest absolute Gasteiger partial charge is 0.304 e. The molecular formula is C23H24ClN3O3. The molecule has 2 aromatic carbocycles. The Kier molecular flexibility index (Phi) is 6.16. The number of fused-ring (bicyclic) bond motifs is 1. The van der Waals surface area contributed by atoms with Crippen molar-refractivity contribution in [2.45, 2.75) is 31.7 Å². The molecule has 1 saturated heterocycles. The monoisotopic (exact) mass is 425 g/mol. The first kappa shape index (κ1) is 20.6. The van der Waals surface area contributed by atoms with Gasteiger partial charge in [0.05, 0.1) is 23.5 Å². The van der Waals surface area contributed by atoms with E-state index < -0.39 is 5.97 Å². The van der Waals surface area contributed by atoms with Crippen molar-refractivity contribution in [2.75, 3.05) is 19.6 Å². The Morgan fingerprint density at radius 3 is 2.40 bits per heavy atom. The summed E-state index contributed by atoms with van der Waals surface area (Å²) in [6, 6.07) is 15.3. The first-order valence-corrected chi connectivity index (χ1v) is 10.6. The van der Waals surface area contributed by atoms with E-state index in [1.807, 2.05) is 48.5 Å². The molecule has 1 fully saturated rings. The summed E-state index contributed by atoms with van der Waals surface area (Å²) in [5.41, 5.74) is 1.90. The van der Waals surface area contributed by atoms with Gasteiger partial charge < -0.3 is 10.0 Å². The quantitative estimate of drug-likeness (QED) is 0.650. The summed E-state index contributed by atoms with van der Waals surface area (Å²) in [5.74, 6) is -0.781. The second kappa shape index (κ2) is 8.98. The normalized spacial score (nSPS) is 15.5. The van der Waals surface area contributed by atoms with Gasteiger partial charge >= 0.3 is 5.97 Å². The van der Waals surface area contributed by atoms with Crippen LogP contribution in [-0.4, -0.2) is 45.4 Å². The number of nitrogens with zero attached hydrogens (tertiary/aromatic N) is 3. The van der Waals surface area contributed by atoms with Crippen LogP contribution in [-0.2, 0) is 11.2 Å². The molecule has 0 bridgehead atoms. The summed E-state index contributed by atoms with van der Waals surface area (Å²) in [6.45, 7) is 2.08. The zero-order valence-electron chi connectivity index (χ0n) is 16.6. The average Bonchev–Trinajstić information content (AvgIpc) is 2.76. The highest BCUT2D eigenvalue weighted by Gasteiger charge is 2.24. The van der Waals surface area contributed by atoms with Gasteiger partial charge in [-0.25, -0.2) is 4.68 Å². The van der Waals surface area contributed by atoms with Crippen molar-refractivity contribution >= 4 is 28.3 Å². The third-order valence-corrected chi connectivity index (χ3v) is 5.99. The molecule has 1 N–H and O–H groups in total. The van der Waals surface area contributed by atoms with E-state index in [9.17, 15) is 9.59 Å². The van der Waals surface area contributed by atoms with Crippen molar-refractivity contribution in [2.24, 2.45) is 0 Å². The van der Waals surface area contributed by atoms with E-state index in [-0.39, 0.29) is 18.0 Å². The lowest BCUT2D eigenvalue weighted by molar-refractivity contribution is -0.137. The number of carbonyl (C=O) groups is 1. The number of benzene rings is 2. The van der Waals surface area contributed by atoms with Gasteiger partial charge in [-0.3, -0.25) is 9.59 Å². The first-order valence-electron chi connectivity index (χ1n) is 10.2. The summed E-state index contributed by atoms with van der Waals surface area (Å²) in [4.78, 5) is 26.1. The molecule has 0 radical (unpaired) electrons. The van der Waals surface area contributed by atoms with Crippen LogP contribution in [0.15, 0.2) is 53.3 Å². The SMILES string of the molecule is O=C(O)CCN1CCC(n2nc(Cc3ccc(Cl)cc3)c3ccccc3c2=O)CC1. The maximum atomic E-state index is 13.2. The van der Waals surface area contributed by atoms with Gasteiger partial charge in [0.15, 0.2) is 0 Å². The molecule has 4 rings (SSSR count). The van der Waals surface area contributed by atoms with Crippen LogP contribution in [0.3, 0.4) is 0 Å². The number of carboxylic acid groups (broad SMARTS) is 1. The lowest BCUT2D eigenvalue weighted by Crippen LogP contribution is -2.39. The third kappa shape index (κ3) is 4.55. The number of aliphatic carboxylic acids is 1. The standard InChI is InChI=1S/C23H24ClN3O3/c24-17-7-5-16(6-8-17)15-21-19-3-1-2-4-20(19)23(30)27(25-21)18-9-12-26(13-10-18)14-11-22(28)29/h1-8,18H,9-15H2,(H,28,29). The Morgan fingerprint density at radius 2 is 1.73 bits per heavy atom. The Morgan fingerprint density at radius 1 is 1.07 bits per heavy atom. The van der Waals surface area contributed by atoms with E-state index in [1.54, 1.807) is 4.68 Å². The molecule has 0 atom stereocenters. The number of rotatable bonds is 6. The lowest BCUT2D eigenvalue weighted by atomic mass is 10.0. The van der Waals surface area contributed by atoms with Gasteiger partial charge in [0, 0.05) is 36.5 Å². The maximum Gasteiger partial charge on any atom is 0.304 e. The fraction of sp³-hybridized carbons (Fsp3) is 0.348. The molecule has 30 heavy (non-hydrogen) atoms. The van der Waals surface area contributed by atoms with Gasteiger partial charge in [-0.15, -0.1) is 0 Å². The lowest BCUT2D eigenvalue weighted by Gasteiger charge is -2.32. The number of likely N-dealkylation sites (tertiary alicyclic amines) is 1. The largest absolute Gasteiger partial charge is 0.481 e. The first-order chi connectivity index (χ1) is 14.5. The summed E-state index contributed by atoms with van der Waals surface area (Å²) in [7, 11) is 0. The molecule has 0 spiro atoms. The van der Waals surface area contributed by atoms with Crippen molar-refractivity contribution in [1.82, 2.24) is 14.7 Å². The second-order valence-corrected chi connectivity index (χ2v) is 8.20. The summed E-state index contributed by atoms with van der Waals surface area (Å²) in [6.07, 6.45) is 2.33. The van der Waals surface area contributed by atoms with Crippen molar-refractivity contribution in [3.63, 3.8) is 0 Å². The maximum absolute atomic E-state index is 13.2. The van der Waals surface area contributed by atoms with Gasteiger partial charge in [0.1, 0.15) is 0 Å². The number of aromatic nitrogens is 2. The predicted molar refractivity (Wildman–Crippen MR) is 117 cm³/mol. The fourth-order valence-electron chi connectivity index (χ4n) is 4.09. The Labute approximate surface area is 179 Å². The van der Waals surface area contributed by atoms with Crippen LogP contribution in [0.2, 0.25) is 5.02 Å². The van der Waals surface area contributed by atoms with E-state index >= 15 is 0 Å². The highest BCUT2D eigenvalue weighted by Crippen LogP contribution is 2.24. The van der Waals surface area contributed by atoms with Crippen LogP contribution in [0.25, 0.3) is 10.8 Å². The Hall–Kier alpha value is -2.70. The minimum atomic E-state index is -0.781. The highest BCUT2D eigenvalue weighted by atomic mass is 35.5. The van der Waals surface area contributed by atoms with Crippen LogP contribution < -0.4 is 5.56 Å². The second-order valence-electron chi connectivity index (χ2n) is 7.76. The number of hydrogen-bond acceptors (Lipinski definition) is 4. The zero-order chi connectivity index (χ0) is 21.1. The summed E-state index contributed by atoms with van der Waals surface area (Å²) >= 11 is 6.01. The minimum Gasteiger partial charge on any atom is -0.481 e. The number of hydrogen-bond donors (Lipinski definition) is 1. The summed E-state index contributed by atoms with van der Waals surface area (Å²) in [5, 5.41) is 15.9. The highest BCUT2D eigenvalue weighted by molar-refractivity contribution is 6.30. The van der Waals surface area contributed by atoms with Crippen molar-refractivity contribution < 1.29 is 9.90 Å². The predicted octanol–water partition coefficient (Wildman–Crippen LogP) is 3.75. The molecule has 0 amide bonds. The zero-order valence-corrected chi connectivity index (χ0v) is 17.4. The van der Waals surface area contributed by atoms with E-state index in [4.69, 9.17) is 21.8 Å². The van der Waals surface area contributed by atoms with Crippen LogP contribution in [0, 0.1) is 0 Å². The molecule has 0 unspecified atom stereocenters. The van der Waals surface area contributed by atoms with Gasteiger partial charge in [-0.1, -0.05) is 41.9 Å². The average molecular weight is 426 g/mol. The Bertz CT molecular complexity index is 1100. The van der Waals surface area contributed by atoms with Gasteiger partial charge in [-0.05, 0) is 36.6 Å². The van der Waals surface area contributed by atoms with E-state index in [1.165, 1.54) is 0 Å². The number of piperidine rings is 1. The molecule has 0 saturated carbocycles. The number of halogens is 1. The molecule has 1 aliphatic rings. The van der Waals surface area contributed by atoms with Crippen molar-refractivity contribution in [3.05, 3.63) is 75.2 Å². The van der Waals surface area contributed by atoms with Crippen molar-refractivity contribution in [3.8, 4) is 0 Å². The topological polar surface area (TPSA) is 75.4 Å². The van der Waals surface area contributed by atoms with Crippen LogP contribution in [0.4, 0.5) is 0 Å². The summed E-state index contributed by atoms with van der Waals surface area (Å²) < 4.78 is 1.65. The van der Waals surface area contributed by atoms with E-state index in [2.05, 4.69) is 4.90 Å². The molecule has 0 aliphatic carbocycles. The van der Waals surface area contributed by atoms with E-state index in [0.29, 0.717) is 23.4 Å². The van der Waals surface area contributed by atoms with E-state index in [0.717, 1.165) is 42.6 Å². The number of carboxylic acids is 1. The van der Waals surface area contributed by atoms with Crippen LogP contribution in [0.5, 0.6) is 0 Å². The minimum absolute atomic E-state index is 0.0205. The van der Waals surface area contributed by atoms with Crippen LogP contribution in [0.1, 0.15) is 36.6 Å². The molecule has 156 valence electrons.